The topological polar surface area (TPSA) is 61.9 Å². The molecule has 1 unspecified atom stereocenters. The lowest BCUT2D eigenvalue weighted by Gasteiger charge is -2.32. The summed E-state index contributed by atoms with van der Waals surface area (Å²) in [5.74, 6) is 0.645. The molecule has 4 rings (SSSR count). The van der Waals surface area contributed by atoms with Gasteiger partial charge < -0.3 is 10.1 Å². The van der Waals surface area contributed by atoms with E-state index >= 15 is 0 Å². The summed E-state index contributed by atoms with van der Waals surface area (Å²) in [7, 11) is 0. The van der Waals surface area contributed by atoms with E-state index in [4.69, 9.17) is 4.74 Å². The molecule has 0 saturated carbocycles. The molecule has 0 bridgehead atoms. The fraction of sp³-hybridized carbons (Fsp3) is 0.462. The molecule has 33 heavy (non-hydrogen) atoms. The fourth-order valence-electron chi connectivity index (χ4n) is 4.48. The van der Waals surface area contributed by atoms with Gasteiger partial charge in [0, 0.05) is 6.54 Å². The maximum Gasteiger partial charge on any atom is 0.251 e. The number of nitrogens with zero attached hydrogens (tertiary/aromatic N) is 2. The van der Waals surface area contributed by atoms with Crippen LogP contribution in [0.2, 0.25) is 0 Å². The van der Waals surface area contributed by atoms with Crippen LogP contribution in [-0.4, -0.2) is 49.0 Å². The van der Waals surface area contributed by atoms with Crippen molar-refractivity contribution in [3.63, 3.8) is 0 Å². The molecule has 0 aliphatic carbocycles. The minimum atomic E-state index is -0.467. The molecule has 2 aliphatic rings. The maximum atomic E-state index is 13.1. The molecule has 0 spiro atoms. The Bertz CT molecular complexity index is 940. The highest BCUT2D eigenvalue weighted by Gasteiger charge is 2.39. The van der Waals surface area contributed by atoms with Crippen LogP contribution in [0.3, 0.4) is 0 Å². The summed E-state index contributed by atoms with van der Waals surface area (Å²) in [5.41, 5.74) is 1.71. The molecule has 0 radical (unpaired) electrons. The first-order chi connectivity index (χ1) is 16.0. The summed E-state index contributed by atoms with van der Waals surface area (Å²) >= 11 is 0. The molecule has 2 amide bonds. The Balaban J connectivity index is 1.23. The Morgan fingerprint density at radius 3 is 2.39 bits per heavy atom. The molecule has 2 fully saturated rings. The molecule has 6 nitrogen and oxygen atoms in total. The van der Waals surface area contributed by atoms with Gasteiger partial charge in [0.25, 0.3) is 5.91 Å². The minimum Gasteiger partial charge on any atom is -0.494 e. The lowest BCUT2D eigenvalue weighted by molar-refractivity contribution is -0.121. The number of imide groups is 1. The zero-order valence-electron chi connectivity index (χ0n) is 19.1. The summed E-state index contributed by atoms with van der Waals surface area (Å²) < 4.78 is 18.7. The van der Waals surface area contributed by atoms with Gasteiger partial charge in [-0.15, -0.1) is 0 Å². The second-order valence-corrected chi connectivity index (χ2v) is 8.92. The van der Waals surface area contributed by atoms with E-state index in [1.54, 1.807) is 24.3 Å². The quantitative estimate of drug-likeness (QED) is 0.586. The SMILES string of the molecule is CCCOc1ccc(N2C(=O)CC(NCC3CCN(Cc4ccc(F)cc4)CC3)C2=O)cc1. The average molecular weight is 454 g/mol. The maximum absolute atomic E-state index is 13.1. The Labute approximate surface area is 194 Å². The van der Waals surface area contributed by atoms with Crippen LogP contribution in [0.5, 0.6) is 5.75 Å². The van der Waals surface area contributed by atoms with Crippen LogP contribution in [0.4, 0.5) is 10.1 Å². The third-order valence-electron chi connectivity index (χ3n) is 6.39. The van der Waals surface area contributed by atoms with Crippen LogP contribution in [0, 0.1) is 11.7 Å². The van der Waals surface area contributed by atoms with E-state index in [0.29, 0.717) is 18.2 Å². The summed E-state index contributed by atoms with van der Waals surface area (Å²) in [5, 5.41) is 3.34. The van der Waals surface area contributed by atoms with Gasteiger partial charge in [-0.05, 0) is 86.8 Å². The Morgan fingerprint density at radius 1 is 1.03 bits per heavy atom. The summed E-state index contributed by atoms with van der Waals surface area (Å²) in [4.78, 5) is 29.1. The molecular weight excluding hydrogens is 421 g/mol. The zero-order valence-corrected chi connectivity index (χ0v) is 19.1. The third kappa shape index (κ3) is 5.97. The van der Waals surface area contributed by atoms with Gasteiger partial charge in [0.15, 0.2) is 0 Å². The van der Waals surface area contributed by atoms with Gasteiger partial charge >= 0.3 is 0 Å². The largest absolute Gasteiger partial charge is 0.494 e. The van der Waals surface area contributed by atoms with Crippen LogP contribution >= 0.6 is 0 Å². The van der Waals surface area contributed by atoms with Crippen LogP contribution < -0.4 is 15.0 Å². The number of carbonyl (C=O) groups is 2. The number of piperidine rings is 1. The van der Waals surface area contributed by atoms with Gasteiger partial charge in [0.1, 0.15) is 11.6 Å². The molecule has 2 aromatic rings. The Morgan fingerprint density at radius 2 is 1.73 bits per heavy atom. The fourth-order valence-corrected chi connectivity index (χ4v) is 4.48. The molecule has 2 saturated heterocycles. The third-order valence-corrected chi connectivity index (χ3v) is 6.39. The summed E-state index contributed by atoms with van der Waals surface area (Å²) in [6.45, 7) is 6.18. The van der Waals surface area contributed by atoms with Gasteiger partial charge in [-0.2, -0.15) is 0 Å². The average Bonchev–Trinajstić information content (AvgIpc) is 3.12. The first-order valence-corrected chi connectivity index (χ1v) is 11.8. The van der Waals surface area contributed by atoms with E-state index in [1.165, 1.54) is 17.0 Å². The van der Waals surface area contributed by atoms with Gasteiger partial charge in [-0.25, -0.2) is 9.29 Å². The minimum absolute atomic E-state index is 0.172. The summed E-state index contributed by atoms with van der Waals surface area (Å²) in [6.07, 6.45) is 3.18. The van der Waals surface area contributed by atoms with Crippen molar-refractivity contribution in [2.45, 2.75) is 45.2 Å². The zero-order chi connectivity index (χ0) is 23.2. The highest BCUT2D eigenvalue weighted by molar-refractivity contribution is 6.22. The van der Waals surface area contributed by atoms with Crippen molar-refractivity contribution in [2.24, 2.45) is 5.92 Å². The van der Waals surface area contributed by atoms with Crippen molar-refractivity contribution in [1.82, 2.24) is 10.2 Å². The van der Waals surface area contributed by atoms with Crippen molar-refractivity contribution in [1.29, 1.82) is 0 Å². The van der Waals surface area contributed by atoms with Crippen molar-refractivity contribution in [3.05, 3.63) is 59.9 Å². The van der Waals surface area contributed by atoms with Gasteiger partial charge in [-0.1, -0.05) is 19.1 Å². The molecule has 2 aliphatic heterocycles. The molecular formula is C26H32FN3O3. The lowest BCUT2D eigenvalue weighted by Crippen LogP contribution is -2.43. The van der Waals surface area contributed by atoms with E-state index in [1.807, 2.05) is 19.1 Å². The second kappa shape index (κ2) is 10.9. The predicted molar refractivity (Wildman–Crippen MR) is 126 cm³/mol. The number of nitrogens with one attached hydrogen (secondary N) is 1. The molecule has 176 valence electrons. The first kappa shape index (κ1) is 23.4. The number of hydrogen-bond acceptors (Lipinski definition) is 5. The number of rotatable bonds is 9. The van der Waals surface area contributed by atoms with Crippen molar-refractivity contribution >= 4 is 17.5 Å². The number of ether oxygens (including phenoxy) is 1. The van der Waals surface area contributed by atoms with Crippen molar-refractivity contribution in [2.75, 3.05) is 31.1 Å². The van der Waals surface area contributed by atoms with E-state index in [2.05, 4.69) is 10.2 Å². The van der Waals surface area contributed by atoms with Gasteiger partial charge in [-0.3, -0.25) is 14.5 Å². The van der Waals surface area contributed by atoms with Crippen LogP contribution in [0.1, 0.15) is 38.2 Å². The number of halogens is 1. The summed E-state index contributed by atoms with van der Waals surface area (Å²) in [6, 6.07) is 13.3. The number of anilines is 1. The van der Waals surface area contributed by atoms with Crippen LogP contribution in [-0.2, 0) is 16.1 Å². The van der Waals surface area contributed by atoms with Crippen LogP contribution in [0.15, 0.2) is 48.5 Å². The molecule has 2 heterocycles. The van der Waals surface area contributed by atoms with Crippen molar-refractivity contribution in [3.8, 4) is 5.75 Å². The number of hydrogen-bond donors (Lipinski definition) is 1. The van der Waals surface area contributed by atoms with E-state index in [-0.39, 0.29) is 24.1 Å². The Hall–Kier alpha value is -2.77. The number of likely N-dealkylation sites (tertiary alicyclic amines) is 1. The first-order valence-electron chi connectivity index (χ1n) is 11.8. The van der Waals surface area contributed by atoms with Gasteiger partial charge in [0.2, 0.25) is 5.91 Å². The molecule has 7 heteroatoms. The van der Waals surface area contributed by atoms with Crippen LogP contribution in [0.25, 0.3) is 0 Å². The Kier molecular flexibility index (Phi) is 7.73. The lowest BCUT2D eigenvalue weighted by atomic mass is 9.96. The smallest absolute Gasteiger partial charge is 0.251 e. The highest BCUT2D eigenvalue weighted by atomic mass is 19.1. The number of benzene rings is 2. The van der Waals surface area contributed by atoms with E-state index < -0.39 is 6.04 Å². The van der Waals surface area contributed by atoms with Gasteiger partial charge in [0.05, 0.1) is 24.8 Å². The van der Waals surface area contributed by atoms with E-state index in [0.717, 1.165) is 56.8 Å². The van der Waals surface area contributed by atoms with Crippen molar-refractivity contribution < 1.29 is 18.7 Å². The highest BCUT2D eigenvalue weighted by Crippen LogP contribution is 2.26. The van der Waals surface area contributed by atoms with E-state index in [9.17, 15) is 14.0 Å². The molecule has 1 N–H and O–H groups in total. The predicted octanol–water partition coefficient (Wildman–Crippen LogP) is 3.75. The number of carbonyl (C=O) groups excluding carboxylic acids is 2. The second-order valence-electron chi connectivity index (χ2n) is 8.92. The molecule has 1 atom stereocenters. The normalized spacial score (nSPS) is 19.9. The number of amides is 2. The molecule has 2 aromatic carbocycles. The molecule has 0 aromatic heterocycles. The standard InChI is InChI=1S/C26H32FN3O3/c1-2-15-33-23-9-7-22(8-10-23)30-25(31)16-24(26(30)32)28-17-19-11-13-29(14-12-19)18-20-3-5-21(27)6-4-20/h3-10,19,24,28H,2,11-18H2,1H3. The monoisotopic (exact) mass is 453 g/mol.